The van der Waals surface area contributed by atoms with Gasteiger partial charge < -0.3 is 15.4 Å². The fraction of sp³-hybridized carbons (Fsp3) is 0.632. The fourth-order valence-corrected chi connectivity index (χ4v) is 3.31. The number of guanidine groups is 1. The number of halogens is 1. The topological polar surface area (TPSA) is 48.9 Å². The second-order valence-corrected chi connectivity index (χ2v) is 6.81. The first-order chi connectivity index (χ1) is 11.8. The van der Waals surface area contributed by atoms with Crippen LogP contribution in [-0.2, 0) is 0 Å². The van der Waals surface area contributed by atoms with Crippen molar-refractivity contribution in [2.75, 3.05) is 40.3 Å². The van der Waals surface area contributed by atoms with Crippen LogP contribution in [0.2, 0.25) is 0 Å². The lowest BCUT2D eigenvalue weighted by Crippen LogP contribution is -2.43. The molecule has 25 heavy (non-hydrogen) atoms. The van der Waals surface area contributed by atoms with Crippen LogP contribution in [0.3, 0.4) is 0 Å². The van der Waals surface area contributed by atoms with Crippen molar-refractivity contribution in [1.82, 2.24) is 15.5 Å². The number of ether oxygens (including phenoxy) is 1. The second-order valence-electron chi connectivity index (χ2n) is 6.81. The number of nitrogens with zero attached hydrogens (tertiary/aromatic N) is 2. The van der Waals surface area contributed by atoms with Gasteiger partial charge in [-0.25, -0.2) is 0 Å². The van der Waals surface area contributed by atoms with Gasteiger partial charge in [-0.05, 0) is 62.4 Å². The summed E-state index contributed by atoms with van der Waals surface area (Å²) < 4.78 is 5.29. The largest absolute Gasteiger partial charge is 0.497 e. The molecule has 1 saturated heterocycles. The molecule has 1 aliphatic carbocycles. The molecule has 1 atom stereocenters. The summed E-state index contributed by atoms with van der Waals surface area (Å²) in [5, 5.41) is 6.97. The van der Waals surface area contributed by atoms with Gasteiger partial charge in [0.15, 0.2) is 5.96 Å². The van der Waals surface area contributed by atoms with Crippen LogP contribution in [-0.4, -0.2) is 51.2 Å². The molecule has 1 heterocycles. The second kappa shape index (κ2) is 10.2. The first-order valence-corrected chi connectivity index (χ1v) is 9.12. The van der Waals surface area contributed by atoms with Crippen molar-refractivity contribution in [2.45, 2.75) is 31.7 Å². The van der Waals surface area contributed by atoms with Gasteiger partial charge in [0.1, 0.15) is 5.75 Å². The van der Waals surface area contributed by atoms with Crippen molar-refractivity contribution < 1.29 is 4.74 Å². The molecule has 0 bridgehead atoms. The SMILES string of the molecule is CN=C(NCC1CC1)NCC(c1ccc(OC)cc1)N1CCCC1.I. The first-order valence-electron chi connectivity index (χ1n) is 9.12. The van der Waals surface area contributed by atoms with Gasteiger partial charge in [0.05, 0.1) is 13.2 Å². The highest BCUT2D eigenvalue weighted by Gasteiger charge is 2.24. The summed E-state index contributed by atoms with van der Waals surface area (Å²) in [6, 6.07) is 8.85. The molecular weight excluding hydrogens is 427 g/mol. The van der Waals surface area contributed by atoms with Gasteiger partial charge in [0.2, 0.25) is 0 Å². The summed E-state index contributed by atoms with van der Waals surface area (Å²) in [7, 11) is 3.56. The zero-order valence-electron chi connectivity index (χ0n) is 15.3. The number of aliphatic imine (C=N–C) groups is 1. The van der Waals surface area contributed by atoms with Crippen molar-refractivity contribution in [1.29, 1.82) is 0 Å². The number of benzene rings is 1. The number of likely N-dealkylation sites (tertiary alicyclic amines) is 1. The van der Waals surface area contributed by atoms with Crippen LogP contribution in [0.25, 0.3) is 0 Å². The predicted molar refractivity (Wildman–Crippen MR) is 114 cm³/mol. The van der Waals surface area contributed by atoms with Gasteiger partial charge in [-0.15, -0.1) is 24.0 Å². The van der Waals surface area contributed by atoms with Crippen LogP contribution in [0.4, 0.5) is 0 Å². The van der Waals surface area contributed by atoms with Crippen LogP contribution in [0.5, 0.6) is 5.75 Å². The molecule has 0 spiro atoms. The average Bonchev–Trinajstić information content (AvgIpc) is 3.30. The minimum absolute atomic E-state index is 0. The standard InChI is InChI=1S/C19H30N4O.HI/c1-20-19(21-13-15-5-6-15)22-14-18(23-11-3-4-12-23)16-7-9-17(24-2)10-8-16;/h7-10,15,18H,3-6,11-14H2,1-2H3,(H2,20,21,22);1H. The lowest BCUT2D eigenvalue weighted by Gasteiger charge is -2.29. The Morgan fingerprint density at radius 1 is 1.20 bits per heavy atom. The number of rotatable bonds is 7. The maximum atomic E-state index is 5.29. The third-order valence-electron chi connectivity index (χ3n) is 5.02. The zero-order valence-corrected chi connectivity index (χ0v) is 17.7. The van der Waals surface area contributed by atoms with Crippen LogP contribution in [0, 0.1) is 5.92 Å². The summed E-state index contributed by atoms with van der Waals surface area (Å²) in [5.74, 6) is 2.67. The monoisotopic (exact) mass is 458 g/mol. The van der Waals surface area contributed by atoms with Crippen LogP contribution >= 0.6 is 24.0 Å². The summed E-state index contributed by atoms with van der Waals surface area (Å²) in [6.45, 7) is 4.26. The van der Waals surface area contributed by atoms with Gasteiger partial charge in [0.25, 0.3) is 0 Å². The van der Waals surface area contributed by atoms with Crippen molar-refractivity contribution in [3.05, 3.63) is 29.8 Å². The molecule has 3 rings (SSSR count). The minimum Gasteiger partial charge on any atom is -0.497 e. The van der Waals surface area contributed by atoms with E-state index in [-0.39, 0.29) is 24.0 Å². The zero-order chi connectivity index (χ0) is 16.8. The number of hydrogen-bond acceptors (Lipinski definition) is 3. The van der Waals surface area contributed by atoms with Gasteiger partial charge in [-0.3, -0.25) is 9.89 Å². The van der Waals surface area contributed by atoms with Crippen molar-refractivity contribution >= 4 is 29.9 Å². The Morgan fingerprint density at radius 2 is 1.88 bits per heavy atom. The molecule has 2 N–H and O–H groups in total. The smallest absolute Gasteiger partial charge is 0.191 e. The van der Waals surface area contributed by atoms with E-state index in [0.717, 1.165) is 30.7 Å². The molecular formula is C19H31IN4O. The normalized spacial score (nSPS) is 19.2. The first kappa shape index (κ1) is 20.3. The highest BCUT2D eigenvalue weighted by molar-refractivity contribution is 14.0. The van der Waals surface area contributed by atoms with E-state index in [1.165, 1.54) is 44.3 Å². The molecule has 0 radical (unpaired) electrons. The molecule has 1 unspecified atom stereocenters. The van der Waals surface area contributed by atoms with E-state index in [1.54, 1.807) is 7.11 Å². The van der Waals surface area contributed by atoms with Crippen molar-refractivity contribution in [3.8, 4) is 5.75 Å². The molecule has 0 amide bonds. The maximum Gasteiger partial charge on any atom is 0.191 e. The summed E-state index contributed by atoms with van der Waals surface area (Å²) >= 11 is 0. The van der Waals surface area contributed by atoms with Gasteiger partial charge >= 0.3 is 0 Å². The Balaban J connectivity index is 0.00000225. The van der Waals surface area contributed by atoms with Crippen LogP contribution in [0.15, 0.2) is 29.3 Å². The van der Waals surface area contributed by atoms with Crippen LogP contribution < -0.4 is 15.4 Å². The Morgan fingerprint density at radius 3 is 2.44 bits per heavy atom. The van der Waals surface area contributed by atoms with E-state index >= 15 is 0 Å². The fourth-order valence-electron chi connectivity index (χ4n) is 3.31. The summed E-state index contributed by atoms with van der Waals surface area (Å²) in [4.78, 5) is 6.94. The number of methoxy groups -OCH3 is 1. The third kappa shape index (κ3) is 6.02. The highest BCUT2D eigenvalue weighted by Crippen LogP contribution is 2.28. The molecule has 2 fully saturated rings. The molecule has 5 nitrogen and oxygen atoms in total. The van der Waals surface area contributed by atoms with Gasteiger partial charge in [0, 0.05) is 20.1 Å². The molecule has 1 aliphatic heterocycles. The lowest BCUT2D eigenvalue weighted by molar-refractivity contribution is 0.245. The van der Waals surface area contributed by atoms with E-state index in [0.29, 0.717) is 6.04 Å². The summed E-state index contributed by atoms with van der Waals surface area (Å²) in [5.41, 5.74) is 1.34. The minimum atomic E-state index is 0. The molecule has 0 aromatic heterocycles. The molecule has 2 aliphatic rings. The molecule has 1 saturated carbocycles. The highest BCUT2D eigenvalue weighted by atomic mass is 127. The molecule has 1 aromatic carbocycles. The van der Waals surface area contributed by atoms with Gasteiger partial charge in [-0.1, -0.05) is 12.1 Å². The third-order valence-corrected chi connectivity index (χ3v) is 5.02. The lowest BCUT2D eigenvalue weighted by atomic mass is 10.1. The number of nitrogens with one attached hydrogen (secondary N) is 2. The molecule has 1 aromatic rings. The Hall–Kier alpha value is -1.02. The van der Waals surface area contributed by atoms with Gasteiger partial charge in [-0.2, -0.15) is 0 Å². The van der Waals surface area contributed by atoms with E-state index < -0.39 is 0 Å². The van der Waals surface area contributed by atoms with E-state index in [2.05, 4.69) is 44.8 Å². The van der Waals surface area contributed by atoms with Crippen molar-refractivity contribution in [2.24, 2.45) is 10.9 Å². The van der Waals surface area contributed by atoms with E-state index in [1.807, 2.05) is 7.05 Å². The quantitative estimate of drug-likeness (QED) is 0.375. The summed E-state index contributed by atoms with van der Waals surface area (Å²) in [6.07, 6.45) is 5.29. The number of hydrogen-bond donors (Lipinski definition) is 2. The maximum absolute atomic E-state index is 5.29. The molecule has 6 heteroatoms. The van der Waals surface area contributed by atoms with Crippen LogP contribution in [0.1, 0.15) is 37.3 Å². The van der Waals surface area contributed by atoms with Crippen molar-refractivity contribution in [3.63, 3.8) is 0 Å². The van der Waals surface area contributed by atoms with E-state index in [4.69, 9.17) is 4.74 Å². The Kier molecular flexibility index (Phi) is 8.29. The van der Waals surface area contributed by atoms with E-state index in [9.17, 15) is 0 Å². The Labute approximate surface area is 168 Å². The molecule has 140 valence electrons. The Bertz CT molecular complexity index is 539. The average molecular weight is 458 g/mol. The predicted octanol–water partition coefficient (Wildman–Crippen LogP) is 3.03.